The minimum Gasteiger partial charge on any atom is -0.356 e. The Morgan fingerprint density at radius 3 is 2.23 bits per heavy atom. The molecule has 2 aromatic carbocycles. The maximum Gasteiger partial charge on any atom is 0.216 e. The molecule has 166 valence electrons. The Hall–Kier alpha value is -1.30. The molecule has 0 radical (unpaired) electrons. The molecule has 0 heterocycles. The van der Waals surface area contributed by atoms with Gasteiger partial charge >= 0.3 is 0 Å². The van der Waals surface area contributed by atoms with Crippen molar-refractivity contribution in [3.05, 3.63) is 65.7 Å². The largest absolute Gasteiger partial charge is 0.356 e. The zero-order valence-corrected chi connectivity index (χ0v) is 21.6. The predicted molar refractivity (Wildman–Crippen MR) is 138 cm³/mol. The molecule has 30 heavy (non-hydrogen) atoms. The number of hydrogen-bond donors (Lipinski definition) is 3. The molecule has 0 saturated carbocycles. The van der Waals surface area contributed by atoms with Gasteiger partial charge in [-0.05, 0) is 37.1 Å². The van der Waals surface area contributed by atoms with E-state index in [1.165, 1.54) is 4.90 Å². The minimum absolute atomic E-state index is 0. The summed E-state index contributed by atoms with van der Waals surface area (Å²) in [5.41, 5.74) is 1.83. The lowest BCUT2D eigenvalue weighted by atomic mass is 10.1. The summed E-state index contributed by atoms with van der Waals surface area (Å²) in [6.07, 6.45) is 0. The van der Waals surface area contributed by atoms with Crippen molar-refractivity contribution < 1.29 is 8.42 Å². The highest BCUT2D eigenvalue weighted by Gasteiger charge is 2.12. The Kier molecular flexibility index (Phi) is 12.4. The first-order valence-corrected chi connectivity index (χ1v) is 12.2. The van der Waals surface area contributed by atoms with Gasteiger partial charge in [0.1, 0.15) is 0 Å². The van der Waals surface area contributed by atoms with Crippen LogP contribution in [0.1, 0.15) is 25.0 Å². The molecule has 0 fully saturated rings. The fourth-order valence-corrected chi connectivity index (χ4v) is 4.86. The standard InChI is InChI=1S/C21H30N4O2S2.HI/c1-17(2)25-29(26,27)16-19-11-9-18(10-12-19)15-24-21(22-3)23-13-14-28-20-7-5-4-6-8-20;/h4-12,17,25H,13-16H2,1-3H3,(H2,22,23,24);1H. The number of rotatable bonds is 10. The van der Waals surface area contributed by atoms with Crippen LogP contribution in [0, 0.1) is 0 Å². The van der Waals surface area contributed by atoms with E-state index in [-0.39, 0.29) is 35.8 Å². The SMILES string of the molecule is CN=C(NCCSc1ccccc1)NCc1ccc(CS(=O)(=O)NC(C)C)cc1.I. The summed E-state index contributed by atoms with van der Waals surface area (Å²) >= 11 is 1.80. The third-order valence-electron chi connectivity index (χ3n) is 3.88. The predicted octanol–water partition coefficient (Wildman–Crippen LogP) is 3.59. The van der Waals surface area contributed by atoms with E-state index in [1.54, 1.807) is 18.8 Å². The van der Waals surface area contributed by atoms with Crippen molar-refractivity contribution >= 4 is 51.7 Å². The zero-order valence-electron chi connectivity index (χ0n) is 17.6. The molecule has 0 amide bonds. The zero-order chi connectivity index (χ0) is 21.1. The van der Waals surface area contributed by atoms with Crippen LogP contribution in [-0.4, -0.2) is 39.8 Å². The number of hydrogen-bond acceptors (Lipinski definition) is 4. The van der Waals surface area contributed by atoms with Crippen LogP contribution in [0.4, 0.5) is 0 Å². The van der Waals surface area contributed by atoms with Gasteiger partial charge in [0.15, 0.2) is 5.96 Å². The van der Waals surface area contributed by atoms with Gasteiger partial charge in [-0.15, -0.1) is 35.7 Å². The number of sulfonamides is 1. The van der Waals surface area contributed by atoms with E-state index in [0.717, 1.165) is 29.4 Å². The molecule has 6 nitrogen and oxygen atoms in total. The highest BCUT2D eigenvalue weighted by molar-refractivity contribution is 14.0. The number of aliphatic imine (C=N–C) groups is 1. The Labute approximate surface area is 201 Å². The van der Waals surface area contributed by atoms with Gasteiger partial charge < -0.3 is 10.6 Å². The minimum atomic E-state index is -3.31. The molecule has 0 saturated heterocycles. The van der Waals surface area contributed by atoms with Crippen LogP contribution in [0.15, 0.2) is 64.5 Å². The molecular formula is C21H31IN4O2S2. The van der Waals surface area contributed by atoms with Gasteiger partial charge in [-0.25, -0.2) is 13.1 Å². The summed E-state index contributed by atoms with van der Waals surface area (Å²) < 4.78 is 26.6. The van der Waals surface area contributed by atoms with Crippen LogP contribution >= 0.6 is 35.7 Å². The third kappa shape index (κ3) is 10.6. The van der Waals surface area contributed by atoms with Crippen molar-refractivity contribution in [1.82, 2.24) is 15.4 Å². The van der Waals surface area contributed by atoms with Crippen LogP contribution in [-0.2, 0) is 22.3 Å². The van der Waals surface area contributed by atoms with Crippen molar-refractivity contribution in [1.29, 1.82) is 0 Å². The first-order valence-electron chi connectivity index (χ1n) is 9.58. The lowest BCUT2D eigenvalue weighted by molar-refractivity contribution is 0.569. The van der Waals surface area contributed by atoms with Gasteiger partial charge in [-0.1, -0.05) is 42.5 Å². The number of nitrogens with one attached hydrogen (secondary N) is 3. The molecule has 3 N–H and O–H groups in total. The van der Waals surface area contributed by atoms with Crippen LogP contribution < -0.4 is 15.4 Å². The fraction of sp³-hybridized carbons (Fsp3) is 0.381. The number of guanidine groups is 1. The van der Waals surface area contributed by atoms with E-state index in [1.807, 2.05) is 56.3 Å². The summed E-state index contributed by atoms with van der Waals surface area (Å²) in [5, 5.41) is 6.58. The van der Waals surface area contributed by atoms with Crippen LogP contribution in [0.25, 0.3) is 0 Å². The molecule has 2 rings (SSSR count). The molecule has 2 aromatic rings. The maximum atomic E-state index is 12.0. The second-order valence-electron chi connectivity index (χ2n) is 6.86. The first kappa shape index (κ1) is 26.7. The number of nitrogens with zero attached hydrogens (tertiary/aromatic N) is 1. The van der Waals surface area contributed by atoms with Crippen molar-refractivity contribution in [3.8, 4) is 0 Å². The fourth-order valence-electron chi connectivity index (χ4n) is 2.63. The molecule has 0 bridgehead atoms. The number of thioether (sulfide) groups is 1. The molecule has 0 aliphatic carbocycles. The highest BCUT2D eigenvalue weighted by atomic mass is 127. The molecule has 0 aliphatic heterocycles. The summed E-state index contributed by atoms with van der Waals surface area (Å²) in [6.45, 7) is 5.04. The Bertz CT molecular complexity index is 874. The second kappa shape index (κ2) is 13.9. The summed E-state index contributed by atoms with van der Waals surface area (Å²) in [5.74, 6) is 1.67. The van der Waals surface area contributed by atoms with E-state index < -0.39 is 10.0 Å². The first-order chi connectivity index (χ1) is 13.9. The summed E-state index contributed by atoms with van der Waals surface area (Å²) in [4.78, 5) is 5.49. The van der Waals surface area contributed by atoms with Gasteiger partial charge in [0.2, 0.25) is 10.0 Å². The second-order valence-corrected chi connectivity index (χ2v) is 9.78. The van der Waals surface area contributed by atoms with Crippen LogP contribution in [0.5, 0.6) is 0 Å². The van der Waals surface area contributed by atoms with Crippen molar-refractivity contribution in [2.24, 2.45) is 4.99 Å². The smallest absolute Gasteiger partial charge is 0.216 e. The topological polar surface area (TPSA) is 82.6 Å². The maximum absolute atomic E-state index is 12.0. The van der Waals surface area contributed by atoms with E-state index in [0.29, 0.717) is 6.54 Å². The average molecular weight is 563 g/mol. The van der Waals surface area contributed by atoms with E-state index >= 15 is 0 Å². The molecule has 0 spiro atoms. The van der Waals surface area contributed by atoms with Gasteiger partial charge in [0, 0.05) is 36.8 Å². The van der Waals surface area contributed by atoms with Crippen LogP contribution in [0.2, 0.25) is 0 Å². The van der Waals surface area contributed by atoms with Crippen molar-refractivity contribution in [2.45, 2.75) is 37.1 Å². The lowest BCUT2D eigenvalue weighted by Crippen LogP contribution is -2.37. The van der Waals surface area contributed by atoms with Crippen LogP contribution in [0.3, 0.4) is 0 Å². The molecule has 0 aliphatic rings. The number of benzene rings is 2. The van der Waals surface area contributed by atoms with E-state index in [9.17, 15) is 8.42 Å². The van der Waals surface area contributed by atoms with Crippen molar-refractivity contribution in [3.63, 3.8) is 0 Å². The number of halogens is 1. The molecule has 9 heteroatoms. The Balaban J connectivity index is 0.00000450. The van der Waals surface area contributed by atoms with Gasteiger partial charge in [0.25, 0.3) is 0 Å². The third-order valence-corrected chi connectivity index (χ3v) is 6.44. The lowest BCUT2D eigenvalue weighted by Gasteiger charge is -2.12. The molecule has 0 aromatic heterocycles. The van der Waals surface area contributed by atoms with Crippen molar-refractivity contribution in [2.75, 3.05) is 19.3 Å². The normalized spacial score (nSPS) is 11.8. The van der Waals surface area contributed by atoms with E-state index in [4.69, 9.17) is 0 Å². The molecular weight excluding hydrogens is 531 g/mol. The molecule has 0 atom stereocenters. The average Bonchev–Trinajstić information content (AvgIpc) is 2.68. The van der Waals surface area contributed by atoms with E-state index in [2.05, 4.69) is 32.5 Å². The quantitative estimate of drug-likeness (QED) is 0.136. The monoisotopic (exact) mass is 562 g/mol. The van der Waals surface area contributed by atoms with Gasteiger partial charge in [-0.3, -0.25) is 4.99 Å². The molecule has 0 unspecified atom stereocenters. The summed E-state index contributed by atoms with van der Waals surface area (Å²) in [7, 11) is -1.56. The van der Waals surface area contributed by atoms with Gasteiger partial charge in [-0.2, -0.15) is 0 Å². The Morgan fingerprint density at radius 1 is 1.00 bits per heavy atom. The Morgan fingerprint density at radius 2 is 1.63 bits per heavy atom. The van der Waals surface area contributed by atoms with Gasteiger partial charge in [0.05, 0.1) is 5.75 Å². The highest BCUT2D eigenvalue weighted by Crippen LogP contribution is 2.15. The summed E-state index contributed by atoms with van der Waals surface area (Å²) in [6, 6.07) is 17.8.